The van der Waals surface area contributed by atoms with Crippen LogP contribution < -0.4 is 4.72 Å². The molecule has 0 aromatic heterocycles. The van der Waals surface area contributed by atoms with E-state index in [0.717, 1.165) is 18.9 Å². The quantitative estimate of drug-likeness (QED) is 0.589. The van der Waals surface area contributed by atoms with Crippen molar-refractivity contribution in [2.24, 2.45) is 5.92 Å². The molecular formula is C11H14N2O5S. The van der Waals surface area contributed by atoms with Crippen LogP contribution in [0.1, 0.15) is 12.8 Å². The van der Waals surface area contributed by atoms with Crippen molar-refractivity contribution >= 4 is 15.7 Å². The maximum absolute atomic E-state index is 11.9. The lowest BCUT2D eigenvalue weighted by Crippen LogP contribution is -2.33. The van der Waals surface area contributed by atoms with Gasteiger partial charge >= 0.3 is 0 Å². The van der Waals surface area contributed by atoms with Gasteiger partial charge in [-0.25, -0.2) is 13.1 Å². The van der Waals surface area contributed by atoms with Crippen molar-refractivity contribution in [3.63, 3.8) is 0 Å². The zero-order valence-electron chi connectivity index (χ0n) is 10.0. The number of hydrogen-bond donors (Lipinski definition) is 2. The first-order valence-corrected chi connectivity index (χ1v) is 7.30. The van der Waals surface area contributed by atoms with Crippen LogP contribution in [0.2, 0.25) is 0 Å². The smallest absolute Gasteiger partial charge is 0.270 e. The zero-order valence-corrected chi connectivity index (χ0v) is 10.8. The molecule has 0 heterocycles. The van der Waals surface area contributed by atoms with Crippen LogP contribution in [0.15, 0.2) is 29.2 Å². The highest BCUT2D eigenvalue weighted by atomic mass is 32.2. The molecule has 0 spiro atoms. The molecule has 1 atom stereocenters. The van der Waals surface area contributed by atoms with Crippen LogP contribution in [0.5, 0.6) is 0 Å². The molecule has 0 aliphatic heterocycles. The Labute approximate surface area is 110 Å². The van der Waals surface area contributed by atoms with Gasteiger partial charge in [-0.05, 0) is 24.8 Å². The number of nitro groups is 1. The molecule has 7 nitrogen and oxygen atoms in total. The molecule has 1 saturated carbocycles. The highest BCUT2D eigenvalue weighted by Crippen LogP contribution is 2.32. The van der Waals surface area contributed by atoms with Crippen LogP contribution in [0.4, 0.5) is 5.69 Å². The highest BCUT2D eigenvalue weighted by molar-refractivity contribution is 7.89. The van der Waals surface area contributed by atoms with E-state index in [1.54, 1.807) is 0 Å². The maximum Gasteiger partial charge on any atom is 0.270 e. The van der Waals surface area contributed by atoms with Gasteiger partial charge in [0.2, 0.25) is 10.0 Å². The maximum atomic E-state index is 11.9. The van der Waals surface area contributed by atoms with Gasteiger partial charge in [0, 0.05) is 18.7 Å². The number of aliphatic hydroxyl groups excluding tert-OH is 1. The fraction of sp³-hybridized carbons (Fsp3) is 0.455. The Morgan fingerprint density at radius 2 is 2.16 bits per heavy atom. The number of non-ortho nitro benzene ring substituents is 1. The summed E-state index contributed by atoms with van der Waals surface area (Å²) in [4.78, 5) is 9.76. The molecule has 1 fully saturated rings. The monoisotopic (exact) mass is 286 g/mol. The highest BCUT2D eigenvalue weighted by Gasteiger charge is 2.30. The molecule has 2 N–H and O–H groups in total. The second-order valence-corrected chi connectivity index (χ2v) is 6.28. The van der Waals surface area contributed by atoms with E-state index in [2.05, 4.69) is 4.72 Å². The fourth-order valence-corrected chi connectivity index (χ4v) is 2.78. The third-order valence-corrected chi connectivity index (χ3v) is 4.41. The number of sulfonamides is 1. The van der Waals surface area contributed by atoms with Crippen molar-refractivity contribution in [2.75, 3.05) is 6.54 Å². The lowest BCUT2D eigenvalue weighted by molar-refractivity contribution is -0.385. The Balaban J connectivity index is 2.09. The van der Waals surface area contributed by atoms with E-state index in [0.29, 0.717) is 0 Å². The van der Waals surface area contributed by atoms with E-state index in [9.17, 15) is 23.6 Å². The first-order chi connectivity index (χ1) is 8.90. The summed E-state index contributed by atoms with van der Waals surface area (Å²) in [6.45, 7) is -0.0737. The average Bonchev–Trinajstić information content (AvgIpc) is 3.20. The van der Waals surface area contributed by atoms with Gasteiger partial charge in [-0.2, -0.15) is 0 Å². The molecule has 2 rings (SSSR count). The normalized spacial score (nSPS) is 17.1. The second-order valence-electron chi connectivity index (χ2n) is 4.51. The summed E-state index contributed by atoms with van der Waals surface area (Å²) < 4.78 is 26.1. The molecule has 8 heteroatoms. The van der Waals surface area contributed by atoms with Gasteiger partial charge in [-0.3, -0.25) is 10.1 Å². The minimum absolute atomic E-state index is 0.0737. The number of hydrogen-bond acceptors (Lipinski definition) is 5. The fourth-order valence-electron chi connectivity index (χ4n) is 1.69. The lowest BCUT2D eigenvalue weighted by Gasteiger charge is -2.11. The number of nitro benzene ring substituents is 1. The Hall–Kier alpha value is -1.51. The number of aliphatic hydroxyl groups is 1. The molecule has 1 unspecified atom stereocenters. The average molecular weight is 286 g/mol. The molecule has 1 aliphatic carbocycles. The van der Waals surface area contributed by atoms with Crippen molar-refractivity contribution in [3.8, 4) is 0 Å². The summed E-state index contributed by atoms with van der Waals surface area (Å²) in [6, 6.07) is 4.80. The number of nitrogens with one attached hydrogen (secondary N) is 1. The summed E-state index contributed by atoms with van der Waals surface area (Å²) in [6.07, 6.45) is 1.10. The lowest BCUT2D eigenvalue weighted by atomic mass is 10.2. The van der Waals surface area contributed by atoms with Crippen molar-refractivity contribution in [1.29, 1.82) is 0 Å². The minimum Gasteiger partial charge on any atom is -0.391 e. The van der Waals surface area contributed by atoms with E-state index in [1.165, 1.54) is 18.2 Å². The standard InChI is InChI=1S/C11H14N2O5S/c14-11(8-4-5-8)7-12-19(17,18)10-3-1-2-9(6-10)13(15)16/h1-3,6,8,11-12,14H,4-5,7H2. The van der Waals surface area contributed by atoms with Crippen molar-refractivity contribution in [2.45, 2.75) is 23.8 Å². The summed E-state index contributed by atoms with van der Waals surface area (Å²) >= 11 is 0. The molecule has 19 heavy (non-hydrogen) atoms. The predicted molar refractivity (Wildman–Crippen MR) is 67.0 cm³/mol. The molecule has 0 radical (unpaired) electrons. The van der Waals surface area contributed by atoms with E-state index in [1.807, 2.05) is 0 Å². The first-order valence-electron chi connectivity index (χ1n) is 5.82. The van der Waals surface area contributed by atoms with E-state index in [4.69, 9.17) is 0 Å². The summed E-state index contributed by atoms with van der Waals surface area (Å²) in [5.41, 5.74) is -0.286. The summed E-state index contributed by atoms with van der Waals surface area (Å²) in [5.74, 6) is 0.160. The third kappa shape index (κ3) is 3.49. The van der Waals surface area contributed by atoms with Crippen LogP contribution >= 0.6 is 0 Å². The molecule has 1 aromatic carbocycles. The number of nitrogens with zero attached hydrogens (tertiary/aromatic N) is 1. The third-order valence-electron chi connectivity index (χ3n) is 2.99. The van der Waals surface area contributed by atoms with Gasteiger partial charge in [0.25, 0.3) is 5.69 Å². The van der Waals surface area contributed by atoms with Gasteiger partial charge in [-0.1, -0.05) is 6.07 Å². The van der Waals surface area contributed by atoms with Gasteiger partial charge < -0.3 is 5.11 Å². The van der Waals surface area contributed by atoms with Crippen molar-refractivity contribution in [1.82, 2.24) is 4.72 Å². The molecule has 104 valence electrons. The van der Waals surface area contributed by atoms with Crippen molar-refractivity contribution < 1.29 is 18.4 Å². The zero-order chi connectivity index (χ0) is 14.0. The van der Waals surface area contributed by atoms with Crippen LogP contribution in [0.25, 0.3) is 0 Å². The molecule has 1 aliphatic rings. The van der Waals surface area contributed by atoms with Crippen LogP contribution in [0, 0.1) is 16.0 Å². The van der Waals surface area contributed by atoms with Crippen LogP contribution in [0.3, 0.4) is 0 Å². The molecular weight excluding hydrogens is 272 g/mol. The molecule has 1 aromatic rings. The van der Waals surface area contributed by atoms with Gasteiger partial charge in [0.05, 0.1) is 15.9 Å². The Bertz CT molecular complexity index is 583. The Kier molecular flexibility index (Phi) is 3.83. The first kappa shape index (κ1) is 13.9. The van der Waals surface area contributed by atoms with E-state index in [-0.39, 0.29) is 23.0 Å². The molecule has 0 amide bonds. The van der Waals surface area contributed by atoms with Crippen molar-refractivity contribution in [3.05, 3.63) is 34.4 Å². The Morgan fingerprint density at radius 1 is 1.47 bits per heavy atom. The Morgan fingerprint density at radius 3 is 2.74 bits per heavy atom. The topological polar surface area (TPSA) is 110 Å². The largest absolute Gasteiger partial charge is 0.391 e. The minimum atomic E-state index is -3.83. The van der Waals surface area contributed by atoms with E-state index >= 15 is 0 Å². The van der Waals surface area contributed by atoms with E-state index < -0.39 is 21.1 Å². The SMILES string of the molecule is O=[N+]([O-])c1cccc(S(=O)(=O)NCC(O)C2CC2)c1. The molecule has 0 bridgehead atoms. The molecule has 0 saturated heterocycles. The van der Waals surface area contributed by atoms with Gasteiger partial charge in [-0.15, -0.1) is 0 Å². The summed E-state index contributed by atoms with van der Waals surface area (Å²) in [7, 11) is -3.83. The number of benzene rings is 1. The predicted octanol–water partition coefficient (Wildman–Crippen LogP) is 0.644. The van der Waals surface area contributed by atoms with Gasteiger partial charge in [0.1, 0.15) is 0 Å². The van der Waals surface area contributed by atoms with Crippen LogP contribution in [-0.2, 0) is 10.0 Å². The van der Waals surface area contributed by atoms with Gasteiger partial charge in [0.15, 0.2) is 0 Å². The second kappa shape index (κ2) is 5.24. The summed E-state index contributed by atoms with van der Waals surface area (Å²) in [5, 5.41) is 20.2. The van der Waals surface area contributed by atoms with Crippen LogP contribution in [-0.4, -0.2) is 31.1 Å². The number of rotatable bonds is 6.